The van der Waals surface area contributed by atoms with Crippen molar-refractivity contribution in [2.75, 3.05) is 12.3 Å². The molecular formula is C15H8BrClN4O4. The van der Waals surface area contributed by atoms with Gasteiger partial charge in [0.1, 0.15) is 34.8 Å². The van der Waals surface area contributed by atoms with Gasteiger partial charge in [0.15, 0.2) is 6.61 Å². The van der Waals surface area contributed by atoms with Crippen molar-refractivity contribution in [3.05, 3.63) is 43.1 Å². The number of aromatic nitrogens is 1. The molecule has 126 valence electrons. The third kappa shape index (κ3) is 3.58. The van der Waals surface area contributed by atoms with Crippen LogP contribution < -0.4 is 16.0 Å². The minimum atomic E-state index is -1.24. The number of halogens is 2. The van der Waals surface area contributed by atoms with Crippen LogP contribution in [0.3, 0.4) is 0 Å². The highest BCUT2D eigenvalue weighted by atomic mass is 79.9. The highest BCUT2D eigenvalue weighted by Crippen LogP contribution is 2.41. The quantitative estimate of drug-likeness (QED) is 0.681. The lowest BCUT2D eigenvalue weighted by atomic mass is 9.96. The molecule has 0 saturated heterocycles. The Labute approximate surface area is 154 Å². The zero-order valence-electron chi connectivity index (χ0n) is 12.3. The van der Waals surface area contributed by atoms with Gasteiger partial charge in [0.05, 0.1) is 4.47 Å². The number of benzene rings is 1. The van der Waals surface area contributed by atoms with E-state index in [9.17, 15) is 20.1 Å². The molecule has 0 aliphatic carbocycles. The molecule has 2 aromatic rings. The van der Waals surface area contributed by atoms with Crippen molar-refractivity contribution in [1.82, 2.24) is 4.98 Å². The number of carboxylic acids is 1. The van der Waals surface area contributed by atoms with Gasteiger partial charge < -0.3 is 20.6 Å². The first-order chi connectivity index (χ1) is 11.8. The van der Waals surface area contributed by atoms with Crippen LogP contribution in [0, 0.1) is 22.7 Å². The fourth-order valence-corrected chi connectivity index (χ4v) is 3.06. The SMILES string of the molecule is N#Cc1c(N)[nH]c(=O)c(C#N)c1-c1cc(Cl)cc(Br)c1OCC(=O)O. The second kappa shape index (κ2) is 7.26. The fraction of sp³-hybridized carbons (Fsp3) is 0.0667. The van der Waals surface area contributed by atoms with Gasteiger partial charge in [0.2, 0.25) is 0 Å². The Morgan fingerprint density at radius 3 is 2.56 bits per heavy atom. The topological polar surface area (TPSA) is 153 Å². The lowest BCUT2D eigenvalue weighted by molar-refractivity contribution is -0.139. The van der Waals surface area contributed by atoms with Crippen molar-refractivity contribution in [1.29, 1.82) is 10.5 Å². The van der Waals surface area contributed by atoms with Crippen molar-refractivity contribution in [2.45, 2.75) is 0 Å². The predicted octanol–water partition coefficient (Wildman–Crippen LogP) is 2.25. The number of aromatic amines is 1. The second-order valence-electron chi connectivity index (χ2n) is 4.66. The highest BCUT2D eigenvalue weighted by molar-refractivity contribution is 9.10. The number of anilines is 1. The summed E-state index contributed by atoms with van der Waals surface area (Å²) in [5.74, 6) is -1.47. The van der Waals surface area contributed by atoms with Gasteiger partial charge >= 0.3 is 5.97 Å². The second-order valence-corrected chi connectivity index (χ2v) is 5.95. The Bertz CT molecular complexity index is 1020. The largest absolute Gasteiger partial charge is 0.480 e. The van der Waals surface area contributed by atoms with Crippen LogP contribution in [0.15, 0.2) is 21.4 Å². The summed E-state index contributed by atoms with van der Waals surface area (Å²) in [7, 11) is 0. The summed E-state index contributed by atoms with van der Waals surface area (Å²) >= 11 is 9.21. The van der Waals surface area contributed by atoms with E-state index in [1.807, 2.05) is 6.07 Å². The number of hydrogen-bond acceptors (Lipinski definition) is 6. The van der Waals surface area contributed by atoms with Gasteiger partial charge in [0.25, 0.3) is 5.56 Å². The van der Waals surface area contributed by atoms with E-state index in [2.05, 4.69) is 20.9 Å². The van der Waals surface area contributed by atoms with Crippen LogP contribution in [0.4, 0.5) is 5.82 Å². The summed E-state index contributed by atoms with van der Waals surface area (Å²) < 4.78 is 5.52. The number of aliphatic carboxylic acids is 1. The molecule has 25 heavy (non-hydrogen) atoms. The average molecular weight is 424 g/mol. The molecule has 0 radical (unpaired) electrons. The van der Waals surface area contributed by atoms with Gasteiger partial charge in [0, 0.05) is 16.1 Å². The lowest BCUT2D eigenvalue weighted by Crippen LogP contribution is -2.17. The molecule has 8 nitrogen and oxygen atoms in total. The molecule has 0 unspecified atom stereocenters. The molecule has 0 atom stereocenters. The van der Waals surface area contributed by atoms with Crippen LogP contribution in [0.2, 0.25) is 5.02 Å². The summed E-state index contributed by atoms with van der Waals surface area (Å²) in [5.41, 5.74) is 4.34. The fourth-order valence-electron chi connectivity index (χ4n) is 2.14. The van der Waals surface area contributed by atoms with E-state index in [-0.39, 0.29) is 43.3 Å². The maximum atomic E-state index is 12.0. The maximum Gasteiger partial charge on any atom is 0.341 e. The molecular weight excluding hydrogens is 416 g/mol. The van der Waals surface area contributed by atoms with Gasteiger partial charge in [-0.15, -0.1) is 0 Å². The normalized spacial score (nSPS) is 9.92. The summed E-state index contributed by atoms with van der Waals surface area (Å²) in [6, 6.07) is 6.32. The molecule has 0 aliphatic rings. The number of nitrogens with zero attached hydrogens (tertiary/aromatic N) is 2. The number of H-pyrrole nitrogens is 1. The van der Waals surface area contributed by atoms with E-state index in [1.165, 1.54) is 12.1 Å². The number of hydrogen-bond donors (Lipinski definition) is 3. The molecule has 0 fully saturated rings. The first kappa shape index (κ1) is 18.3. The van der Waals surface area contributed by atoms with Crippen molar-refractivity contribution >= 4 is 39.3 Å². The molecule has 2 rings (SSSR count). The van der Waals surface area contributed by atoms with Gasteiger partial charge in [-0.25, -0.2) is 4.79 Å². The minimum absolute atomic E-state index is 0.00444. The van der Waals surface area contributed by atoms with E-state index in [0.29, 0.717) is 0 Å². The molecule has 0 aliphatic heterocycles. The number of nitrogen functional groups attached to an aromatic ring is 1. The van der Waals surface area contributed by atoms with E-state index >= 15 is 0 Å². The molecule has 0 amide bonds. The number of ether oxygens (including phenoxy) is 1. The number of nitrogens with one attached hydrogen (secondary N) is 1. The van der Waals surface area contributed by atoms with Crippen molar-refractivity contribution < 1.29 is 14.6 Å². The van der Waals surface area contributed by atoms with Crippen LogP contribution in [0.5, 0.6) is 5.75 Å². The third-order valence-corrected chi connectivity index (χ3v) is 3.89. The number of nitrogens with two attached hydrogens (primary N) is 1. The van der Waals surface area contributed by atoms with Crippen molar-refractivity contribution in [3.63, 3.8) is 0 Å². The van der Waals surface area contributed by atoms with E-state index < -0.39 is 18.1 Å². The van der Waals surface area contributed by atoms with Crippen LogP contribution in [0.1, 0.15) is 11.1 Å². The minimum Gasteiger partial charge on any atom is -0.480 e. The Kier molecular flexibility index (Phi) is 5.32. The molecule has 10 heteroatoms. The summed E-state index contributed by atoms with van der Waals surface area (Å²) in [4.78, 5) is 25.1. The van der Waals surface area contributed by atoms with Crippen molar-refractivity contribution in [2.24, 2.45) is 0 Å². The molecule has 4 N–H and O–H groups in total. The smallest absolute Gasteiger partial charge is 0.341 e. The van der Waals surface area contributed by atoms with Gasteiger partial charge in [-0.05, 0) is 28.1 Å². The molecule has 0 spiro atoms. The van der Waals surface area contributed by atoms with Gasteiger partial charge in [-0.1, -0.05) is 11.6 Å². The van der Waals surface area contributed by atoms with E-state index in [1.54, 1.807) is 6.07 Å². The van der Waals surface area contributed by atoms with Gasteiger partial charge in [-0.2, -0.15) is 10.5 Å². The zero-order chi connectivity index (χ0) is 18.7. The number of pyridine rings is 1. The molecule has 1 aromatic heterocycles. The maximum absolute atomic E-state index is 12.0. The number of nitriles is 2. The lowest BCUT2D eigenvalue weighted by Gasteiger charge is -2.15. The predicted molar refractivity (Wildman–Crippen MR) is 92.2 cm³/mol. The Balaban J connectivity index is 2.92. The molecule has 1 heterocycles. The zero-order valence-corrected chi connectivity index (χ0v) is 14.6. The summed E-state index contributed by atoms with van der Waals surface area (Å²) in [5, 5.41) is 27.7. The van der Waals surface area contributed by atoms with Crippen LogP contribution in [0.25, 0.3) is 11.1 Å². The summed E-state index contributed by atoms with van der Waals surface area (Å²) in [6.07, 6.45) is 0. The standard InChI is InChI=1S/C15H8BrClN4O4/c16-10-2-6(17)1-7(13(10)25-5-11(22)23)12-8(3-18)14(20)21-15(24)9(12)4-19/h1-2H,5H2,(H,22,23)(H3,20,21,24). The number of carboxylic acid groups (broad SMARTS) is 1. The van der Waals surface area contributed by atoms with Crippen LogP contribution in [-0.4, -0.2) is 22.7 Å². The van der Waals surface area contributed by atoms with Crippen molar-refractivity contribution in [3.8, 4) is 29.0 Å². The van der Waals surface area contributed by atoms with E-state index in [4.69, 9.17) is 27.2 Å². The van der Waals surface area contributed by atoms with Crippen LogP contribution in [-0.2, 0) is 4.79 Å². The number of rotatable bonds is 4. The first-order valence-electron chi connectivity index (χ1n) is 6.50. The van der Waals surface area contributed by atoms with Gasteiger partial charge in [-0.3, -0.25) is 4.79 Å². The number of carbonyl (C=O) groups is 1. The third-order valence-electron chi connectivity index (χ3n) is 3.09. The molecule has 0 bridgehead atoms. The average Bonchev–Trinajstić information content (AvgIpc) is 2.52. The Morgan fingerprint density at radius 2 is 2.00 bits per heavy atom. The Hall–Kier alpha value is -3.01. The van der Waals surface area contributed by atoms with E-state index in [0.717, 1.165) is 0 Å². The summed E-state index contributed by atoms with van der Waals surface area (Å²) in [6.45, 7) is -0.685. The first-order valence-corrected chi connectivity index (χ1v) is 7.67. The molecule has 1 aromatic carbocycles. The molecule has 0 saturated carbocycles. The van der Waals surface area contributed by atoms with Crippen LogP contribution >= 0.6 is 27.5 Å². The monoisotopic (exact) mass is 422 g/mol. The highest BCUT2D eigenvalue weighted by Gasteiger charge is 2.23. The Morgan fingerprint density at radius 1 is 1.36 bits per heavy atom.